The number of nitrogens with two attached hydrogens (primary N) is 1. The molecular weight excluding hydrogens is 290 g/mol. The van der Waals surface area contributed by atoms with Crippen molar-refractivity contribution in [2.45, 2.75) is 39.0 Å². The molecule has 1 amide bonds. The highest BCUT2D eigenvalue weighted by molar-refractivity contribution is 5.85. The number of hydrogen-bond donors (Lipinski definition) is 2. The SMILES string of the molecule is CCC(NC(=O)C(C)N)c1ccccc1OC(F)F.Cl. The van der Waals surface area contributed by atoms with Crippen molar-refractivity contribution in [3.05, 3.63) is 29.8 Å². The van der Waals surface area contributed by atoms with Crippen LogP contribution < -0.4 is 15.8 Å². The Morgan fingerprint density at radius 1 is 1.40 bits per heavy atom. The number of amides is 1. The lowest BCUT2D eigenvalue weighted by Gasteiger charge is -2.21. The summed E-state index contributed by atoms with van der Waals surface area (Å²) in [5, 5.41) is 2.71. The molecule has 0 saturated carbocycles. The zero-order valence-electron chi connectivity index (χ0n) is 11.3. The highest BCUT2D eigenvalue weighted by Gasteiger charge is 2.19. The lowest BCUT2D eigenvalue weighted by atomic mass is 10.0. The highest BCUT2D eigenvalue weighted by Crippen LogP contribution is 2.28. The van der Waals surface area contributed by atoms with Crippen molar-refractivity contribution in [2.24, 2.45) is 5.73 Å². The molecule has 1 aromatic carbocycles. The van der Waals surface area contributed by atoms with Gasteiger partial charge in [0.2, 0.25) is 5.91 Å². The van der Waals surface area contributed by atoms with Gasteiger partial charge in [0, 0.05) is 5.56 Å². The lowest BCUT2D eigenvalue weighted by Crippen LogP contribution is -2.40. The fourth-order valence-electron chi connectivity index (χ4n) is 1.67. The van der Waals surface area contributed by atoms with Crippen LogP contribution in [-0.4, -0.2) is 18.6 Å². The monoisotopic (exact) mass is 308 g/mol. The van der Waals surface area contributed by atoms with Gasteiger partial charge in [-0.2, -0.15) is 8.78 Å². The fraction of sp³-hybridized carbons (Fsp3) is 0.462. The van der Waals surface area contributed by atoms with Crippen molar-refractivity contribution < 1.29 is 18.3 Å². The van der Waals surface area contributed by atoms with Gasteiger partial charge in [0.15, 0.2) is 0 Å². The van der Waals surface area contributed by atoms with Crippen molar-refractivity contribution >= 4 is 18.3 Å². The Morgan fingerprint density at radius 3 is 2.50 bits per heavy atom. The third-order valence-electron chi connectivity index (χ3n) is 2.65. The molecule has 114 valence electrons. The number of carbonyl (C=O) groups excluding carboxylic acids is 1. The number of halogens is 3. The number of hydrogen-bond acceptors (Lipinski definition) is 3. The van der Waals surface area contributed by atoms with Crippen LogP contribution in [0.5, 0.6) is 5.75 Å². The topological polar surface area (TPSA) is 64.4 Å². The molecule has 1 rings (SSSR count). The normalized spacial score (nSPS) is 13.3. The van der Waals surface area contributed by atoms with Crippen molar-refractivity contribution in [1.29, 1.82) is 0 Å². The number of para-hydroxylation sites is 1. The maximum Gasteiger partial charge on any atom is 0.387 e. The van der Waals surface area contributed by atoms with Crippen LogP contribution in [0, 0.1) is 0 Å². The van der Waals surface area contributed by atoms with E-state index in [-0.39, 0.29) is 24.1 Å². The van der Waals surface area contributed by atoms with Gasteiger partial charge in [0.25, 0.3) is 0 Å². The van der Waals surface area contributed by atoms with Gasteiger partial charge in [-0.25, -0.2) is 0 Å². The molecule has 0 aromatic heterocycles. The summed E-state index contributed by atoms with van der Waals surface area (Å²) in [4.78, 5) is 11.6. The summed E-state index contributed by atoms with van der Waals surface area (Å²) in [6, 6.07) is 5.33. The zero-order valence-corrected chi connectivity index (χ0v) is 12.1. The summed E-state index contributed by atoms with van der Waals surface area (Å²) in [5.74, 6) is -0.270. The van der Waals surface area contributed by atoms with E-state index in [0.29, 0.717) is 12.0 Å². The molecule has 2 atom stereocenters. The molecule has 0 aliphatic rings. The van der Waals surface area contributed by atoms with E-state index in [1.54, 1.807) is 25.1 Å². The van der Waals surface area contributed by atoms with Gasteiger partial charge < -0.3 is 15.8 Å². The maximum atomic E-state index is 12.3. The quantitative estimate of drug-likeness (QED) is 0.849. The molecular formula is C13H19ClF2N2O2. The van der Waals surface area contributed by atoms with E-state index in [2.05, 4.69) is 10.1 Å². The summed E-state index contributed by atoms with van der Waals surface area (Å²) in [7, 11) is 0. The summed E-state index contributed by atoms with van der Waals surface area (Å²) in [6.45, 7) is 0.498. The number of rotatable bonds is 6. The predicted octanol–water partition coefficient (Wildman–Crippen LogP) is 2.62. The molecule has 0 bridgehead atoms. The van der Waals surface area contributed by atoms with Crippen molar-refractivity contribution in [2.75, 3.05) is 0 Å². The fourth-order valence-corrected chi connectivity index (χ4v) is 1.67. The summed E-state index contributed by atoms with van der Waals surface area (Å²) < 4.78 is 29.1. The molecule has 0 aliphatic heterocycles. The Kier molecular flexibility index (Phi) is 8.10. The lowest BCUT2D eigenvalue weighted by molar-refractivity contribution is -0.122. The first kappa shape index (κ1) is 18.6. The van der Waals surface area contributed by atoms with E-state index < -0.39 is 18.7 Å². The molecule has 2 unspecified atom stereocenters. The largest absolute Gasteiger partial charge is 0.434 e. The minimum atomic E-state index is -2.90. The molecule has 0 saturated heterocycles. The third kappa shape index (κ3) is 5.30. The molecule has 0 heterocycles. The number of nitrogens with one attached hydrogen (secondary N) is 1. The summed E-state index contributed by atoms with van der Waals surface area (Å²) in [6.07, 6.45) is 0.544. The van der Waals surface area contributed by atoms with Gasteiger partial charge in [-0.05, 0) is 19.4 Å². The standard InChI is InChI=1S/C13H18F2N2O2.ClH/c1-3-10(17-12(18)8(2)16)9-6-4-5-7-11(9)19-13(14)15;/h4-8,10,13H,3,16H2,1-2H3,(H,17,18);1H. The Balaban J connectivity index is 0.00000361. The van der Waals surface area contributed by atoms with Gasteiger partial charge in [0.1, 0.15) is 5.75 Å². The van der Waals surface area contributed by atoms with Crippen molar-refractivity contribution in [1.82, 2.24) is 5.32 Å². The molecule has 0 fully saturated rings. The molecule has 3 N–H and O–H groups in total. The average molecular weight is 309 g/mol. The van der Waals surface area contributed by atoms with Crippen LogP contribution in [0.2, 0.25) is 0 Å². The van der Waals surface area contributed by atoms with Gasteiger partial charge in [-0.3, -0.25) is 4.79 Å². The average Bonchev–Trinajstić information content (AvgIpc) is 2.35. The van der Waals surface area contributed by atoms with Gasteiger partial charge in [-0.1, -0.05) is 25.1 Å². The second-order valence-electron chi connectivity index (χ2n) is 4.17. The van der Waals surface area contributed by atoms with Crippen LogP contribution >= 0.6 is 12.4 Å². The van der Waals surface area contributed by atoms with Crippen LogP contribution in [-0.2, 0) is 4.79 Å². The first-order valence-electron chi connectivity index (χ1n) is 6.05. The second-order valence-corrected chi connectivity index (χ2v) is 4.17. The van der Waals surface area contributed by atoms with Crippen LogP contribution in [0.4, 0.5) is 8.78 Å². The first-order valence-corrected chi connectivity index (χ1v) is 6.05. The van der Waals surface area contributed by atoms with E-state index in [1.165, 1.54) is 6.07 Å². The third-order valence-corrected chi connectivity index (χ3v) is 2.65. The zero-order chi connectivity index (χ0) is 14.4. The number of benzene rings is 1. The van der Waals surface area contributed by atoms with E-state index in [0.717, 1.165) is 0 Å². The highest BCUT2D eigenvalue weighted by atomic mass is 35.5. The minimum Gasteiger partial charge on any atom is -0.434 e. The molecule has 20 heavy (non-hydrogen) atoms. The Hall–Kier alpha value is -1.40. The second kappa shape index (κ2) is 8.71. The van der Waals surface area contributed by atoms with Crippen molar-refractivity contribution in [3.8, 4) is 5.75 Å². The smallest absolute Gasteiger partial charge is 0.387 e. The van der Waals surface area contributed by atoms with E-state index in [9.17, 15) is 13.6 Å². The number of alkyl halides is 2. The first-order chi connectivity index (χ1) is 8.95. The van der Waals surface area contributed by atoms with Crippen LogP contribution in [0.25, 0.3) is 0 Å². The summed E-state index contributed by atoms with van der Waals surface area (Å²) in [5.41, 5.74) is 5.99. The van der Waals surface area contributed by atoms with Crippen molar-refractivity contribution in [3.63, 3.8) is 0 Å². The molecule has 1 aromatic rings. The summed E-state index contributed by atoms with van der Waals surface area (Å²) >= 11 is 0. The Bertz CT molecular complexity index is 431. The molecule has 0 aliphatic carbocycles. The van der Waals surface area contributed by atoms with Gasteiger partial charge in [0.05, 0.1) is 12.1 Å². The molecule has 7 heteroatoms. The maximum absolute atomic E-state index is 12.3. The van der Waals surface area contributed by atoms with E-state index in [4.69, 9.17) is 5.73 Å². The van der Waals surface area contributed by atoms with Crippen LogP contribution in [0.15, 0.2) is 24.3 Å². The Morgan fingerprint density at radius 2 is 2.00 bits per heavy atom. The molecule has 0 radical (unpaired) electrons. The minimum absolute atomic E-state index is 0. The Labute approximate surface area is 123 Å². The van der Waals surface area contributed by atoms with E-state index >= 15 is 0 Å². The molecule has 0 spiro atoms. The van der Waals surface area contributed by atoms with E-state index in [1.807, 2.05) is 6.92 Å². The molecule has 4 nitrogen and oxygen atoms in total. The number of ether oxygens (including phenoxy) is 1. The van der Waals surface area contributed by atoms with Crippen LogP contribution in [0.3, 0.4) is 0 Å². The predicted molar refractivity (Wildman–Crippen MR) is 75.1 cm³/mol. The van der Waals surface area contributed by atoms with Gasteiger partial charge in [-0.15, -0.1) is 12.4 Å². The van der Waals surface area contributed by atoms with Crippen LogP contribution in [0.1, 0.15) is 31.9 Å². The number of carbonyl (C=O) groups is 1. The van der Waals surface area contributed by atoms with Gasteiger partial charge >= 0.3 is 6.61 Å².